The molecule has 0 saturated carbocycles. The van der Waals surface area contributed by atoms with Gasteiger partial charge in [0.25, 0.3) is 0 Å². The van der Waals surface area contributed by atoms with Crippen LogP contribution in [0.15, 0.2) is 0 Å². The maximum atomic E-state index is 13.4. The summed E-state index contributed by atoms with van der Waals surface area (Å²) < 4.78 is 250. The van der Waals surface area contributed by atoms with Gasteiger partial charge < -0.3 is 4.55 Å². The van der Waals surface area contributed by atoms with Gasteiger partial charge in [0.2, 0.25) is 0 Å². The Bertz CT molecular complexity index is 789. The van der Waals surface area contributed by atoms with E-state index in [0.29, 0.717) is 0 Å². The van der Waals surface area contributed by atoms with Crippen LogP contribution in [0.4, 0.5) is 74.6 Å². The summed E-state index contributed by atoms with van der Waals surface area (Å²) in [6.07, 6.45) is -13.1. The quantitative estimate of drug-likeness (QED) is 0.240. The van der Waals surface area contributed by atoms with Crippen molar-refractivity contribution in [3.8, 4) is 0 Å². The Morgan fingerprint density at radius 1 is 0.515 bits per heavy atom. The Balaban J connectivity index is 0. The largest absolute Gasteiger partial charge is 1.00 e. The average molecular weight is 548 g/mol. The van der Waals surface area contributed by atoms with Gasteiger partial charge in [0.15, 0.2) is 10.1 Å². The van der Waals surface area contributed by atoms with E-state index in [4.69, 9.17) is 0 Å². The first-order valence-corrected chi connectivity index (χ1v) is 8.53. The van der Waals surface area contributed by atoms with Crippen LogP contribution in [0.25, 0.3) is 0 Å². The number of rotatable bonds is 10. The molecule has 0 aliphatic heterocycles. The topological polar surface area (TPSA) is 57.2 Å². The third kappa shape index (κ3) is 5.44. The van der Waals surface area contributed by atoms with E-state index in [2.05, 4.69) is 0 Å². The molecule has 0 amide bonds. The summed E-state index contributed by atoms with van der Waals surface area (Å²) in [7, 11) is -8.07. The molecule has 0 N–H and O–H groups in total. The first kappa shape index (κ1) is 34.5. The SMILES string of the molecule is O=S(=O)([O-])C(F)(F)C(F)(F)C(F)(F)C(F)(F)C(F)(F)C(F)(F)C(F)(F)CCCC(F)(F)F.[Li+]. The van der Waals surface area contributed by atoms with Gasteiger partial charge in [-0.1, -0.05) is 0 Å². The van der Waals surface area contributed by atoms with Crippen molar-refractivity contribution in [2.75, 3.05) is 0 Å². The van der Waals surface area contributed by atoms with Crippen molar-refractivity contribution in [3.63, 3.8) is 0 Å². The molecule has 0 saturated heterocycles. The average Bonchev–Trinajstić information content (AvgIpc) is 2.50. The molecule has 0 aromatic rings. The van der Waals surface area contributed by atoms with E-state index in [1.165, 1.54) is 0 Å². The second kappa shape index (κ2) is 9.08. The second-order valence-electron chi connectivity index (χ2n) is 6.02. The van der Waals surface area contributed by atoms with Gasteiger partial charge in [0.1, 0.15) is 0 Å². The summed E-state index contributed by atoms with van der Waals surface area (Å²) in [5.74, 6) is -48.7. The minimum atomic E-state index is -8.63. The fourth-order valence-corrected chi connectivity index (χ4v) is 2.27. The Labute approximate surface area is 183 Å². The molecule has 0 spiro atoms. The van der Waals surface area contributed by atoms with Crippen LogP contribution in [0.5, 0.6) is 0 Å². The van der Waals surface area contributed by atoms with Gasteiger partial charge in [-0.05, 0) is 6.42 Å². The summed E-state index contributed by atoms with van der Waals surface area (Å²) in [6.45, 7) is 0. The van der Waals surface area contributed by atoms with Crippen LogP contribution in [0.2, 0.25) is 0 Å². The summed E-state index contributed by atoms with van der Waals surface area (Å²) >= 11 is 0. The molecule has 0 unspecified atom stereocenters. The van der Waals surface area contributed by atoms with E-state index >= 15 is 0 Å². The maximum absolute atomic E-state index is 13.4. The molecule has 0 bridgehead atoms. The summed E-state index contributed by atoms with van der Waals surface area (Å²) in [6, 6.07) is 0. The Morgan fingerprint density at radius 2 is 0.818 bits per heavy atom. The van der Waals surface area contributed by atoms with Crippen LogP contribution in [0.1, 0.15) is 19.3 Å². The standard InChI is InChI=1S/C11H7F17O3S.Li/c12-4(13,2-1-3-5(14,15)16)6(17,18)7(19,20)8(21,22)9(23,24)10(25,26)11(27,28)32(29,30)31;/h1-3H2,(H,29,30,31);/q;+1/p-1. The molecule has 22 heteroatoms. The zero-order chi connectivity index (χ0) is 26.6. The van der Waals surface area contributed by atoms with E-state index < -0.39 is 76.3 Å². The third-order valence-electron chi connectivity index (χ3n) is 3.67. The van der Waals surface area contributed by atoms with Crippen molar-refractivity contribution in [1.29, 1.82) is 0 Å². The van der Waals surface area contributed by atoms with Crippen LogP contribution in [-0.4, -0.2) is 59.9 Å². The Kier molecular flexibility index (Phi) is 9.48. The minimum absolute atomic E-state index is 0. The summed E-state index contributed by atoms with van der Waals surface area (Å²) in [5, 5.41) is -7.85. The van der Waals surface area contributed by atoms with Gasteiger partial charge in [0, 0.05) is 12.8 Å². The molecule has 0 rings (SSSR count). The molecule has 3 nitrogen and oxygen atoms in total. The van der Waals surface area contributed by atoms with Crippen molar-refractivity contribution >= 4 is 10.1 Å². The van der Waals surface area contributed by atoms with Crippen LogP contribution in [0, 0.1) is 0 Å². The number of hydrogen-bond acceptors (Lipinski definition) is 3. The van der Waals surface area contributed by atoms with E-state index in [-0.39, 0.29) is 18.9 Å². The van der Waals surface area contributed by atoms with Gasteiger partial charge in [-0.25, -0.2) is 8.42 Å². The molecular weight excluding hydrogens is 542 g/mol. The number of alkyl halides is 17. The van der Waals surface area contributed by atoms with Crippen LogP contribution >= 0.6 is 0 Å². The zero-order valence-corrected chi connectivity index (χ0v) is 16.0. The van der Waals surface area contributed by atoms with Gasteiger partial charge in [0.05, 0.1) is 0 Å². The zero-order valence-electron chi connectivity index (χ0n) is 15.2. The normalized spacial score (nSPS) is 15.9. The first-order valence-electron chi connectivity index (χ1n) is 7.12. The molecule has 0 aromatic carbocycles. The molecule has 0 atom stereocenters. The van der Waals surface area contributed by atoms with Crippen LogP contribution in [-0.2, 0) is 10.1 Å². The van der Waals surface area contributed by atoms with Gasteiger partial charge in [-0.3, -0.25) is 0 Å². The number of hydrogen-bond donors (Lipinski definition) is 0. The predicted octanol–water partition coefficient (Wildman–Crippen LogP) is 2.67. The second-order valence-corrected chi connectivity index (χ2v) is 7.44. The summed E-state index contributed by atoms with van der Waals surface area (Å²) in [4.78, 5) is 0. The van der Waals surface area contributed by atoms with E-state index in [0.717, 1.165) is 0 Å². The van der Waals surface area contributed by atoms with Gasteiger partial charge >= 0.3 is 65.8 Å². The van der Waals surface area contributed by atoms with Crippen molar-refractivity contribution in [3.05, 3.63) is 0 Å². The maximum Gasteiger partial charge on any atom is 1.00 e. The van der Waals surface area contributed by atoms with Crippen molar-refractivity contribution < 1.29 is 106 Å². The van der Waals surface area contributed by atoms with E-state index in [1.54, 1.807) is 0 Å². The first-order chi connectivity index (χ1) is 13.5. The Hall–Kier alpha value is -0.683. The molecule has 0 radical (unpaired) electrons. The molecule has 33 heavy (non-hydrogen) atoms. The van der Waals surface area contributed by atoms with Crippen molar-refractivity contribution in [2.45, 2.75) is 66.2 Å². The van der Waals surface area contributed by atoms with Crippen molar-refractivity contribution in [1.82, 2.24) is 0 Å². The monoisotopic (exact) mass is 548 g/mol. The summed E-state index contributed by atoms with van der Waals surface area (Å²) in [5.41, 5.74) is 0. The van der Waals surface area contributed by atoms with Crippen LogP contribution in [0.3, 0.4) is 0 Å². The Morgan fingerprint density at radius 3 is 1.12 bits per heavy atom. The van der Waals surface area contributed by atoms with Gasteiger partial charge in [-0.15, -0.1) is 0 Å². The van der Waals surface area contributed by atoms with Gasteiger partial charge in [-0.2, -0.15) is 74.6 Å². The smallest absolute Gasteiger partial charge is 0.743 e. The fourth-order valence-electron chi connectivity index (χ4n) is 1.83. The molecule has 0 aromatic heterocycles. The molecule has 0 fully saturated rings. The third-order valence-corrected chi connectivity index (χ3v) is 4.55. The molecule has 0 heterocycles. The van der Waals surface area contributed by atoms with Crippen LogP contribution < -0.4 is 18.9 Å². The molecule has 0 aliphatic rings. The fraction of sp³-hybridized carbons (Fsp3) is 1.00. The molecular formula is C11H6F17LiO3S. The number of halogens is 17. The van der Waals surface area contributed by atoms with E-state index in [1.807, 2.05) is 0 Å². The molecule has 194 valence electrons. The van der Waals surface area contributed by atoms with E-state index in [9.17, 15) is 87.6 Å². The minimum Gasteiger partial charge on any atom is -0.743 e. The molecule has 0 aliphatic carbocycles. The predicted molar refractivity (Wildman–Crippen MR) is 64.2 cm³/mol. The van der Waals surface area contributed by atoms with Crippen molar-refractivity contribution in [2.24, 2.45) is 0 Å².